The van der Waals surface area contributed by atoms with Gasteiger partial charge in [0.25, 0.3) is 0 Å². The van der Waals surface area contributed by atoms with E-state index in [0.29, 0.717) is 5.69 Å². The molecule has 0 spiro atoms. The normalized spacial score (nSPS) is 10.4. The molecule has 0 aliphatic heterocycles. The van der Waals surface area contributed by atoms with Crippen LogP contribution in [0.3, 0.4) is 0 Å². The van der Waals surface area contributed by atoms with Crippen molar-refractivity contribution in [3.8, 4) is 0 Å². The summed E-state index contributed by atoms with van der Waals surface area (Å²) < 4.78 is 0. The van der Waals surface area contributed by atoms with E-state index in [0.717, 1.165) is 10.9 Å². The number of aromatic nitrogens is 1. The summed E-state index contributed by atoms with van der Waals surface area (Å²) in [5, 5.41) is 9.64. The van der Waals surface area contributed by atoms with Crippen LogP contribution in [0.4, 0.5) is 0 Å². The molecule has 2 rings (SSSR count). The Kier molecular flexibility index (Phi) is 3.75. The lowest BCUT2D eigenvalue weighted by Crippen LogP contribution is -2.33. The standard InChI is InChI=1S/C14H14N2O3/c1-16(9-14(18)19)13(17)8-11-7-6-10-4-2-3-5-12(10)15-11/h2-7H,8-9H2,1H3,(H,18,19). The van der Waals surface area contributed by atoms with Gasteiger partial charge in [-0.2, -0.15) is 0 Å². The summed E-state index contributed by atoms with van der Waals surface area (Å²) in [6, 6.07) is 11.3. The number of likely N-dealkylation sites (N-methyl/N-ethyl adjacent to an activating group) is 1. The van der Waals surface area contributed by atoms with Gasteiger partial charge in [-0.3, -0.25) is 14.6 Å². The van der Waals surface area contributed by atoms with Gasteiger partial charge in [0.05, 0.1) is 17.6 Å². The van der Waals surface area contributed by atoms with Crippen LogP contribution in [0.2, 0.25) is 0 Å². The molecule has 0 unspecified atom stereocenters. The molecule has 0 bridgehead atoms. The molecule has 1 amide bonds. The number of amides is 1. The summed E-state index contributed by atoms with van der Waals surface area (Å²) in [6.07, 6.45) is 0.106. The average Bonchev–Trinajstić information content (AvgIpc) is 2.37. The molecule has 1 aromatic heterocycles. The van der Waals surface area contributed by atoms with Crippen LogP contribution in [0.1, 0.15) is 5.69 Å². The summed E-state index contributed by atoms with van der Waals surface area (Å²) in [5.74, 6) is -1.28. The van der Waals surface area contributed by atoms with Crippen molar-refractivity contribution in [2.75, 3.05) is 13.6 Å². The summed E-state index contributed by atoms with van der Waals surface area (Å²) >= 11 is 0. The van der Waals surface area contributed by atoms with Gasteiger partial charge in [-0.15, -0.1) is 0 Å². The third-order valence-electron chi connectivity index (χ3n) is 2.79. The zero-order valence-electron chi connectivity index (χ0n) is 10.5. The highest BCUT2D eigenvalue weighted by atomic mass is 16.4. The van der Waals surface area contributed by atoms with E-state index in [9.17, 15) is 9.59 Å². The molecular formula is C14H14N2O3. The van der Waals surface area contributed by atoms with Gasteiger partial charge in [-0.1, -0.05) is 24.3 Å². The van der Waals surface area contributed by atoms with Crippen molar-refractivity contribution in [3.05, 3.63) is 42.1 Å². The van der Waals surface area contributed by atoms with Crippen LogP contribution in [-0.4, -0.2) is 40.5 Å². The first-order chi connectivity index (χ1) is 9.06. The monoisotopic (exact) mass is 258 g/mol. The topological polar surface area (TPSA) is 70.5 Å². The first kappa shape index (κ1) is 13.0. The van der Waals surface area contributed by atoms with Crippen molar-refractivity contribution in [3.63, 3.8) is 0 Å². The van der Waals surface area contributed by atoms with Crippen molar-refractivity contribution in [2.45, 2.75) is 6.42 Å². The van der Waals surface area contributed by atoms with Crippen LogP contribution in [0.5, 0.6) is 0 Å². The van der Waals surface area contributed by atoms with Crippen LogP contribution in [0.15, 0.2) is 36.4 Å². The minimum atomic E-state index is -1.03. The predicted octanol–water partition coefficient (Wildman–Crippen LogP) is 1.32. The molecule has 1 heterocycles. The summed E-state index contributed by atoms with van der Waals surface area (Å²) in [7, 11) is 1.47. The van der Waals surface area contributed by atoms with Gasteiger partial charge in [-0.25, -0.2) is 0 Å². The molecule has 1 N–H and O–H groups in total. The van der Waals surface area contributed by atoms with Crippen LogP contribution in [0.25, 0.3) is 10.9 Å². The molecule has 5 heteroatoms. The SMILES string of the molecule is CN(CC(=O)O)C(=O)Cc1ccc2ccccc2n1. The summed E-state index contributed by atoms with van der Waals surface area (Å²) in [6.45, 7) is -0.299. The lowest BCUT2D eigenvalue weighted by molar-refractivity contribution is -0.143. The van der Waals surface area contributed by atoms with Gasteiger partial charge < -0.3 is 10.0 Å². The molecule has 19 heavy (non-hydrogen) atoms. The number of fused-ring (bicyclic) bond motifs is 1. The summed E-state index contributed by atoms with van der Waals surface area (Å²) in [5.41, 5.74) is 1.47. The number of carbonyl (C=O) groups is 2. The molecule has 0 radical (unpaired) electrons. The Morgan fingerprint density at radius 3 is 2.68 bits per heavy atom. The van der Waals surface area contributed by atoms with Gasteiger partial charge >= 0.3 is 5.97 Å². The van der Waals surface area contributed by atoms with Crippen LogP contribution in [-0.2, 0) is 16.0 Å². The zero-order chi connectivity index (χ0) is 13.8. The van der Waals surface area contributed by atoms with Crippen LogP contribution >= 0.6 is 0 Å². The van der Waals surface area contributed by atoms with Gasteiger partial charge in [0.1, 0.15) is 6.54 Å². The quantitative estimate of drug-likeness (QED) is 0.897. The number of rotatable bonds is 4. The molecule has 98 valence electrons. The number of carbonyl (C=O) groups excluding carboxylic acids is 1. The Balaban J connectivity index is 2.12. The molecule has 5 nitrogen and oxygen atoms in total. The highest BCUT2D eigenvalue weighted by molar-refractivity contribution is 5.83. The Labute approximate surface area is 110 Å². The van der Waals surface area contributed by atoms with Crippen LogP contribution in [0, 0.1) is 0 Å². The maximum atomic E-state index is 11.8. The molecule has 2 aromatic rings. The number of pyridine rings is 1. The van der Waals surface area contributed by atoms with Crippen molar-refractivity contribution in [1.82, 2.24) is 9.88 Å². The first-order valence-electron chi connectivity index (χ1n) is 5.86. The molecule has 0 saturated carbocycles. The lowest BCUT2D eigenvalue weighted by atomic mass is 10.1. The van der Waals surface area contributed by atoms with E-state index in [-0.39, 0.29) is 18.9 Å². The Hall–Kier alpha value is -2.43. The number of hydrogen-bond acceptors (Lipinski definition) is 3. The summed E-state index contributed by atoms with van der Waals surface area (Å²) in [4.78, 5) is 27.9. The Morgan fingerprint density at radius 2 is 1.95 bits per heavy atom. The van der Waals surface area contributed by atoms with E-state index in [4.69, 9.17) is 5.11 Å². The maximum absolute atomic E-state index is 11.8. The van der Waals surface area contributed by atoms with E-state index < -0.39 is 5.97 Å². The molecule has 0 aliphatic rings. The third kappa shape index (κ3) is 3.28. The molecule has 1 aromatic carbocycles. The number of para-hydroxylation sites is 1. The zero-order valence-corrected chi connectivity index (χ0v) is 10.5. The number of hydrogen-bond donors (Lipinski definition) is 1. The molecular weight excluding hydrogens is 244 g/mol. The molecule has 0 fully saturated rings. The Bertz CT molecular complexity index is 625. The Morgan fingerprint density at radius 1 is 1.21 bits per heavy atom. The van der Waals surface area contributed by atoms with E-state index in [1.807, 2.05) is 30.3 Å². The molecule has 0 aliphatic carbocycles. The van der Waals surface area contributed by atoms with Crippen molar-refractivity contribution in [2.24, 2.45) is 0 Å². The minimum Gasteiger partial charge on any atom is -0.480 e. The fourth-order valence-electron chi connectivity index (χ4n) is 1.79. The largest absolute Gasteiger partial charge is 0.480 e. The van der Waals surface area contributed by atoms with E-state index >= 15 is 0 Å². The number of nitrogens with zero attached hydrogens (tertiary/aromatic N) is 2. The number of carboxylic acid groups (broad SMARTS) is 1. The maximum Gasteiger partial charge on any atom is 0.323 e. The van der Waals surface area contributed by atoms with Crippen LogP contribution < -0.4 is 0 Å². The van der Waals surface area contributed by atoms with Crippen molar-refractivity contribution < 1.29 is 14.7 Å². The average molecular weight is 258 g/mol. The highest BCUT2D eigenvalue weighted by Gasteiger charge is 2.13. The second-order valence-corrected chi connectivity index (χ2v) is 4.32. The van der Waals surface area contributed by atoms with Crippen molar-refractivity contribution in [1.29, 1.82) is 0 Å². The lowest BCUT2D eigenvalue weighted by Gasteiger charge is -2.14. The highest BCUT2D eigenvalue weighted by Crippen LogP contribution is 2.12. The fraction of sp³-hybridized carbons (Fsp3) is 0.214. The fourth-order valence-corrected chi connectivity index (χ4v) is 1.79. The second kappa shape index (κ2) is 5.48. The van der Waals surface area contributed by atoms with E-state index in [2.05, 4.69) is 4.98 Å². The number of benzene rings is 1. The number of aliphatic carboxylic acids is 1. The second-order valence-electron chi connectivity index (χ2n) is 4.32. The number of carboxylic acids is 1. The van der Waals surface area contributed by atoms with E-state index in [1.54, 1.807) is 6.07 Å². The molecule has 0 atom stereocenters. The van der Waals surface area contributed by atoms with Gasteiger partial charge in [0.2, 0.25) is 5.91 Å². The van der Waals surface area contributed by atoms with Gasteiger partial charge in [0.15, 0.2) is 0 Å². The minimum absolute atomic E-state index is 0.106. The van der Waals surface area contributed by atoms with E-state index in [1.165, 1.54) is 11.9 Å². The van der Waals surface area contributed by atoms with Crippen molar-refractivity contribution >= 4 is 22.8 Å². The smallest absolute Gasteiger partial charge is 0.323 e. The third-order valence-corrected chi connectivity index (χ3v) is 2.79. The predicted molar refractivity (Wildman–Crippen MR) is 70.7 cm³/mol. The van der Waals surface area contributed by atoms with Gasteiger partial charge in [-0.05, 0) is 12.1 Å². The first-order valence-corrected chi connectivity index (χ1v) is 5.86. The van der Waals surface area contributed by atoms with Gasteiger partial charge in [0, 0.05) is 12.4 Å². The molecule has 0 saturated heterocycles.